The number of benzene rings is 1. The molecule has 0 aliphatic rings. The molecule has 116 valence electrons. The smallest absolute Gasteiger partial charge is 0.335 e. The molecule has 8 heteroatoms. The molecule has 1 amide bonds. The van der Waals surface area contributed by atoms with Crippen molar-refractivity contribution in [3.8, 4) is 5.75 Å². The highest BCUT2D eigenvalue weighted by Gasteiger charge is 2.17. The van der Waals surface area contributed by atoms with Gasteiger partial charge >= 0.3 is 5.97 Å². The van der Waals surface area contributed by atoms with Crippen LogP contribution in [0.25, 0.3) is 0 Å². The molecule has 0 aliphatic heterocycles. The fourth-order valence-corrected chi connectivity index (χ4v) is 1.57. The summed E-state index contributed by atoms with van der Waals surface area (Å²) in [5, 5.41) is 11.1. The number of carboxylic acids is 1. The summed E-state index contributed by atoms with van der Waals surface area (Å²) in [5.41, 5.74) is -0.546. The zero-order valence-corrected chi connectivity index (χ0v) is 11.5. The number of halogens is 2. The van der Waals surface area contributed by atoms with Gasteiger partial charge in [0.2, 0.25) is 0 Å². The molecule has 0 saturated carbocycles. The maximum Gasteiger partial charge on any atom is 0.335 e. The van der Waals surface area contributed by atoms with Crippen molar-refractivity contribution in [3.63, 3.8) is 0 Å². The summed E-state index contributed by atoms with van der Waals surface area (Å²) in [4.78, 5) is 22.1. The van der Waals surface area contributed by atoms with Crippen LogP contribution < -0.4 is 10.1 Å². The number of rotatable bonds is 7. The Morgan fingerprint density at radius 1 is 1.33 bits per heavy atom. The zero-order chi connectivity index (χ0) is 16.0. The molecule has 0 aliphatic carbocycles. The van der Waals surface area contributed by atoms with Gasteiger partial charge in [0.05, 0.1) is 12.2 Å². The summed E-state index contributed by atoms with van der Waals surface area (Å²) in [6.07, 6.45) is 0. The van der Waals surface area contributed by atoms with Crippen molar-refractivity contribution < 1.29 is 33.0 Å². The molecule has 1 rings (SSSR count). The van der Waals surface area contributed by atoms with Crippen LogP contribution >= 0.6 is 0 Å². The second kappa shape index (κ2) is 7.53. The molecule has 0 radical (unpaired) electrons. The van der Waals surface area contributed by atoms with Crippen LogP contribution in [0.3, 0.4) is 0 Å². The van der Waals surface area contributed by atoms with E-state index in [1.165, 1.54) is 7.11 Å². The Kier molecular flexibility index (Phi) is 6.04. The molecule has 0 saturated heterocycles. The van der Waals surface area contributed by atoms with E-state index in [9.17, 15) is 18.4 Å². The predicted octanol–water partition coefficient (Wildman–Crippen LogP) is 1.19. The molecular formula is C13H15F2NO5. The summed E-state index contributed by atoms with van der Waals surface area (Å²) in [5.74, 6) is -5.23. The number of carbonyl (C=O) groups is 2. The summed E-state index contributed by atoms with van der Waals surface area (Å²) in [6.45, 7) is 1.36. The van der Waals surface area contributed by atoms with Crippen LogP contribution in [0.5, 0.6) is 5.75 Å². The molecule has 21 heavy (non-hydrogen) atoms. The van der Waals surface area contributed by atoms with Crippen LogP contribution in [0, 0.1) is 11.6 Å². The number of aromatic carboxylic acids is 1. The van der Waals surface area contributed by atoms with Crippen LogP contribution in [0.1, 0.15) is 17.3 Å². The van der Waals surface area contributed by atoms with Gasteiger partial charge in [0.1, 0.15) is 0 Å². The molecule has 0 aromatic heterocycles. The first-order valence-corrected chi connectivity index (χ1v) is 5.98. The first-order chi connectivity index (χ1) is 9.85. The van der Waals surface area contributed by atoms with E-state index in [2.05, 4.69) is 5.32 Å². The third-order valence-corrected chi connectivity index (χ3v) is 2.42. The van der Waals surface area contributed by atoms with Crippen molar-refractivity contribution in [3.05, 3.63) is 29.3 Å². The lowest BCUT2D eigenvalue weighted by Gasteiger charge is -2.13. The Labute approximate surface area is 119 Å². The minimum absolute atomic E-state index is 0.280. The molecule has 0 bridgehead atoms. The van der Waals surface area contributed by atoms with Gasteiger partial charge in [0.25, 0.3) is 5.91 Å². The third kappa shape index (κ3) is 4.99. The first-order valence-electron chi connectivity index (χ1n) is 5.98. The fourth-order valence-electron chi connectivity index (χ4n) is 1.57. The van der Waals surface area contributed by atoms with Gasteiger partial charge in [-0.2, -0.15) is 0 Å². The number of methoxy groups -OCH3 is 1. The van der Waals surface area contributed by atoms with Crippen LogP contribution in [0.4, 0.5) is 8.78 Å². The maximum atomic E-state index is 13.5. The van der Waals surface area contributed by atoms with E-state index in [0.717, 1.165) is 0 Å². The lowest BCUT2D eigenvalue weighted by atomic mass is 10.2. The summed E-state index contributed by atoms with van der Waals surface area (Å²) >= 11 is 0. The quantitative estimate of drug-likeness (QED) is 0.790. The standard InChI is InChI=1S/C13H15F2NO5/c1-7(5-20-2)16-11(17)6-21-12-9(14)3-8(13(18)19)4-10(12)15/h3-4,7H,5-6H2,1-2H3,(H,16,17)(H,18,19). The van der Waals surface area contributed by atoms with Gasteiger partial charge < -0.3 is 19.9 Å². The molecule has 0 heterocycles. The van der Waals surface area contributed by atoms with E-state index in [1.807, 2.05) is 0 Å². The number of carbonyl (C=O) groups excluding carboxylic acids is 1. The van der Waals surface area contributed by atoms with Gasteiger partial charge in [-0.3, -0.25) is 4.79 Å². The number of hydrogen-bond donors (Lipinski definition) is 2. The second-order valence-electron chi connectivity index (χ2n) is 4.29. The molecule has 1 unspecified atom stereocenters. The first kappa shape index (κ1) is 16.8. The van der Waals surface area contributed by atoms with Crippen molar-refractivity contribution in [2.24, 2.45) is 0 Å². The van der Waals surface area contributed by atoms with Crippen molar-refractivity contribution in [1.82, 2.24) is 5.32 Å². The fraction of sp³-hybridized carbons (Fsp3) is 0.385. The van der Waals surface area contributed by atoms with Gasteiger partial charge in [-0.25, -0.2) is 13.6 Å². The predicted molar refractivity (Wildman–Crippen MR) is 68.3 cm³/mol. The van der Waals surface area contributed by atoms with Crippen molar-refractivity contribution in [2.45, 2.75) is 13.0 Å². The highest BCUT2D eigenvalue weighted by Crippen LogP contribution is 2.23. The normalized spacial score (nSPS) is 11.8. The van der Waals surface area contributed by atoms with Crippen LogP contribution in [0.15, 0.2) is 12.1 Å². The van der Waals surface area contributed by atoms with E-state index in [4.69, 9.17) is 14.6 Å². The van der Waals surface area contributed by atoms with Gasteiger partial charge in [-0.15, -0.1) is 0 Å². The molecule has 2 N–H and O–H groups in total. The molecule has 1 aromatic carbocycles. The van der Waals surface area contributed by atoms with E-state index in [1.54, 1.807) is 6.92 Å². The minimum atomic E-state index is -1.47. The van der Waals surface area contributed by atoms with E-state index in [0.29, 0.717) is 12.1 Å². The summed E-state index contributed by atoms with van der Waals surface area (Å²) in [6, 6.07) is 0.952. The Morgan fingerprint density at radius 2 is 1.90 bits per heavy atom. The van der Waals surface area contributed by atoms with Gasteiger partial charge in [0.15, 0.2) is 24.0 Å². The summed E-state index contributed by atoms with van der Waals surface area (Å²) < 4.78 is 36.6. The molecule has 0 fully saturated rings. The van der Waals surface area contributed by atoms with Gasteiger partial charge in [-0.05, 0) is 19.1 Å². The molecule has 6 nitrogen and oxygen atoms in total. The lowest BCUT2D eigenvalue weighted by molar-refractivity contribution is -0.124. The third-order valence-electron chi connectivity index (χ3n) is 2.42. The Morgan fingerprint density at radius 3 is 2.38 bits per heavy atom. The van der Waals surface area contributed by atoms with Crippen LogP contribution in [-0.4, -0.2) is 43.3 Å². The lowest BCUT2D eigenvalue weighted by Crippen LogP contribution is -2.38. The topological polar surface area (TPSA) is 84.9 Å². The Balaban J connectivity index is 2.67. The number of amides is 1. The monoisotopic (exact) mass is 303 g/mol. The van der Waals surface area contributed by atoms with Crippen molar-refractivity contribution >= 4 is 11.9 Å². The van der Waals surface area contributed by atoms with E-state index >= 15 is 0 Å². The molecular weight excluding hydrogens is 288 g/mol. The Bertz CT molecular complexity index is 512. The largest absolute Gasteiger partial charge is 0.478 e. The number of carboxylic acid groups (broad SMARTS) is 1. The number of ether oxygens (including phenoxy) is 2. The summed E-state index contributed by atoms with van der Waals surface area (Å²) in [7, 11) is 1.47. The SMILES string of the molecule is COCC(C)NC(=O)COc1c(F)cc(C(=O)O)cc1F. The minimum Gasteiger partial charge on any atom is -0.478 e. The second-order valence-corrected chi connectivity index (χ2v) is 4.29. The van der Waals surface area contributed by atoms with Crippen molar-refractivity contribution in [2.75, 3.05) is 20.3 Å². The number of nitrogens with one attached hydrogen (secondary N) is 1. The number of hydrogen-bond acceptors (Lipinski definition) is 4. The average Bonchev–Trinajstić information content (AvgIpc) is 2.37. The highest BCUT2D eigenvalue weighted by atomic mass is 19.1. The average molecular weight is 303 g/mol. The zero-order valence-electron chi connectivity index (χ0n) is 11.5. The van der Waals surface area contributed by atoms with Gasteiger partial charge in [-0.1, -0.05) is 0 Å². The molecule has 1 atom stereocenters. The Hall–Kier alpha value is -2.22. The van der Waals surface area contributed by atoms with Crippen molar-refractivity contribution in [1.29, 1.82) is 0 Å². The van der Waals surface area contributed by atoms with Crippen LogP contribution in [-0.2, 0) is 9.53 Å². The van der Waals surface area contributed by atoms with E-state index < -0.39 is 41.4 Å². The van der Waals surface area contributed by atoms with E-state index in [-0.39, 0.29) is 12.6 Å². The molecule has 1 aromatic rings. The maximum absolute atomic E-state index is 13.5. The molecule has 0 spiro atoms. The highest BCUT2D eigenvalue weighted by molar-refractivity contribution is 5.87. The van der Waals surface area contributed by atoms with Gasteiger partial charge in [0, 0.05) is 13.2 Å². The van der Waals surface area contributed by atoms with Crippen LogP contribution in [0.2, 0.25) is 0 Å².